The molecule has 64 valence electrons. The molecule has 12 heavy (non-hydrogen) atoms. The summed E-state index contributed by atoms with van der Waals surface area (Å²) in [6.07, 6.45) is 1.09. The van der Waals surface area contributed by atoms with E-state index in [1.165, 1.54) is 10.7 Å². The van der Waals surface area contributed by atoms with Gasteiger partial charge in [0, 0.05) is 13.2 Å². The predicted octanol–water partition coefficient (Wildman–Crippen LogP) is 0.0775. The lowest BCUT2D eigenvalue weighted by Crippen LogP contribution is -2.08. The summed E-state index contributed by atoms with van der Waals surface area (Å²) >= 11 is 0. The van der Waals surface area contributed by atoms with E-state index >= 15 is 0 Å². The standard InChI is InChI=1S/C7H8N2O3/c1-9-3-2-5(8-9)6(10)4-7(11)12/h2-3H,4H2,1H3,(H,11,12). The van der Waals surface area contributed by atoms with Crippen molar-refractivity contribution in [1.82, 2.24) is 9.78 Å². The van der Waals surface area contributed by atoms with Crippen LogP contribution in [0.4, 0.5) is 0 Å². The highest BCUT2D eigenvalue weighted by molar-refractivity contribution is 6.04. The minimum Gasteiger partial charge on any atom is -0.481 e. The minimum absolute atomic E-state index is 0.194. The fraction of sp³-hybridized carbons (Fsp3) is 0.286. The number of carbonyl (C=O) groups is 2. The first-order chi connectivity index (χ1) is 5.59. The van der Waals surface area contributed by atoms with Gasteiger partial charge in [0.05, 0.1) is 0 Å². The first-order valence-corrected chi connectivity index (χ1v) is 3.34. The smallest absolute Gasteiger partial charge is 0.311 e. The Bertz CT molecular complexity index is 316. The van der Waals surface area contributed by atoms with Gasteiger partial charge < -0.3 is 5.11 Å². The van der Waals surface area contributed by atoms with Gasteiger partial charge in [-0.25, -0.2) is 0 Å². The number of carbonyl (C=O) groups excluding carboxylic acids is 1. The summed E-state index contributed by atoms with van der Waals surface area (Å²) in [7, 11) is 1.66. The molecule has 0 bridgehead atoms. The Morgan fingerprint density at radius 1 is 1.67 bits per heavy atom. The summed E-state index contributed by atoms with van der Waals surface area (Å²) in [6.45, 7) is 0. The second-order valence-corrected chi connectivity index (χ2v) is 2.37. The highest BCUT2D eigenvalue weighted by atomic mass is 16.4. The number of aromatic nitrogens is 2. The van der Waals surface area contributed by atoms with Gasteiger partial charge in [0.2, 0.25) is 0 Å². The van der Waals surface area contributed by atoms with E-state index in [2.05, 4.69) is 5.10 Å². The number of carboxylic acid groups (broad SMARTS) is 1. The van der Waals surface area contributed by atoms with E-state index in [1.807, 2.05) is 0 Å². The molecule has 1 N–H and O–H groups in total. The van der Waals surface area contributed by atoms with Gasteiger partial charge in [0.25, 0.3) is 0 Å². The zero-order valence-corrected chi connectivity index (χ0v) is 6.52. The zero-order valence-electron chi connectivity index (χ0n) is 6.52. The number of nitrogens with zero attached hydrogens (tertiary/aromatic N) is 2. The Morgan fingerprint density at radius 3 is 2.75 bits per heavy atom. The molecule has 1 aromatic heterocycles. The second-order valence-electron chi connectivity index (χ2n) is 2.37. The van der Waals surface area contributed by atoms with Crippen LogP contribution in [0.5, 0.6) is 0 Å². The fourth-order valence-electron chi connectivity index (χ4n) is 0.792. The van der Waals surface area contributed by atoms with Crippen LogP contribution in [0.1, 0.15) is 16.9 Å². The Kier molecular flexibility index (Phi) is 2.23. The van der Waals surface area contributed by atoms with E-state index < -0.39 is 18.2 Å². The third kappa shape index (κ3) is 1.91. The van der Waals surface area contributed by atoms with E-state index in [4.69, 9.17) is 5.11 Å². The zero-order chi connectivity index (χ0) is 9.14. The lowest BCUT2D eigenvalue weighted by molar-refractivity contribution is -0.135. The van der Waals surface area contributed by atoms with Gasteiger partial charge in [0.15, 0.2) is 5.78 Å². The van der Waals surface area contributed by atoms with Crippen molar-refractivity contribution in [2.75, 3.05) is 0 Å². The SMILES string of the molecule is Cn1ccc(C(=O)CC(=O)O)n1. The molecule has 5 nitrogen and oxygen atoms in total. The molecular formula is C7H8N2O3. The summed E-state index contributed by atoms with van der Waals surface area (Å²) in [5, 5.41) is 12.1. The van der Waals surface area contributed by atoms with Crippen LogP contribution in [0.3, 0.4) is 0 Å². The van der Waals surface area contributed by atoms with Crippen molar-refractivity contribution in [3.05, 3.63) is 18.0 Å². The Labute approximate surface area is 68.6 Å². The topological polar surface area (TPSA) is 72.2 Å². The maximum atomic E-state index is 11.0. The number of hydrogen-bond acceptors (Lipinski definition) is 3. The number of hydrogen-bond donors (Lipinski definition) is 1. The maximum absolute atomic E-state index is 11.0. The monoisotopic (exact) mass is 168 g/mol. The molecule has 0 aromatic carbocycles. The van der Waals surface area contributed by atoms with Crippen LogP contribution in [0.15, 0.2) is 12.3 Å². The lowest BCUT2D eigenvalue weighted by atomic mass is 10.2. The average Bonchev–Trinajstić information content (AvgIpc) is 2.34. The molecule has 0 aliphatic carbocycles. The lowest BCUT2D eigenvalue weighted by Gasteiger charge is -1.90. The van der Waals surface area contributed by atoms with Gasteiger partial charge in [-0.1, -0.05) is 0 Å². The van der Waals surface area contributed by atoms with E-state index in [1.54, 1.807) is 13.2 Å². The molecule has 0 atom stereocenters. The molecule has 0 aliphatic heterocycles. The summed E-state index contributed by atoms with van der Waals surface area (Å²) < 4.78 is 1.45. The fourth-order valence-corrected chi connectivity index (χ4v) is 0.792. The summed E-state index contributed by atoms with van der Waals surface area (Å²) in [5.41, 5.74) is 0.194. The van der Waals surface area contributed by atoms with Gasteiger partial charge in [-0.3, -0.25) is 14.3 Å². The van der Waals surface area contributed by atoms with Gasteiger partial charge in [0.1, 0.15) is 12.1 Å². The molecular weight excluding hydrogens is 160 g/mol. The van der Waals surface area contributed by atoms with Gasteiger partial charge in [-0.15, -0.1) is 0 Å². The van der Waals surface area contributed by atoms with Crippen molar-refractivity contribution >= 4 is 11.8 Å². The van der Waals surface area contributed by atoms with E-state index in [0.29, 0.717) is 0 Å². The molecule has 0 radical (unpaired) electrons. The molecule has 1 aromatic rings. The number of rotatable bonds is 3. The average molecular weight is 168 g/mol. The van der Waals surface area contributed by atoms with Gasteiger partial charge in [-0.05, 0) is 6.07 Å². The number of ketones is 1. The van der Waals surface area contributed by atoms with Crippen molar-refractivity contribution in [3.63, 3.8) is 0 Å². The number of aliphatic carboxylic acids is 1. The van der Waals surface area contributed by atoms with Gasteiger partial charge >= 0.3 is 5.97 Å². The minimum atomic E-state index is -1.13. The Morgan fingerprint density at radius 2 is 2.33 bits per heavy atom. The molecule has 1 heterocycles. The van der Waals surface area contributed by atoms with Crippen LogP contribution >= 0.6 is 0 Å². The first-order valence-electron chi connectivity index (χ1n) is 3.34. The maximum Gasteiger partial charge on any atom is 0.311 e. The molecule has 0 amide bonds. The predicted molar refractivity (Wildman–Crippen MR) is 39.8 cm³/mol. The van der Waals surface area contributed by atoms with Crippen molar-refractivity contribution in [1.29, 1.82) is 0 Å². The third-order valence-corrected chi connectivity index (χ3v) is 1.31. The summed E-state index contributed by atoms with van der Waals surface area (Å²) in [6, 6.07) is 1.49. The van der Waals surface area contributed by atoms with E-state index in [-0.39, 0.29) is 5.69 Å². The molecule has 1 rings (SSSR count). The number of Topliss-reactive ketones (excluding diaryl/α,β-unsaturated/α-hetero) is 1. The van der Waals surface area contributed by atoms with Crippen LogP contribution in [-0.2, 0) is 11.8 Å². The van der Waals surface area contributed by atoms with Crippen molar-refractivity contribution < 1.29 is 14.7 Å². The van der Waals surface area contributed by atoms with Crippen molar-refractivity contribution in [2.45, 2.75) is 6.42 Å². The highest BCUT2D eigenvalue weighted by Crippen LogP contribution is 1.98. The molecule has 5 heteroatoms. The van der Waals surface area contributed by atoms with E-state index in [9.17, 15) is 9.59 Å². The molecule has 0 unspecified atom stereocenters. The Balaban J connectivity index is 2.72. The molecule has 0 saturated heterocycles. The van der Waals surface area contributed by atoms with Crippen molar-refractivity contribution in [3.8, 4) is 0 Å². The quantitative estimate of drug-likeness (QED) is 0.512. The van der Waals surface area contributed by atoms with Crippen LogP contribution in [0.2, 0.25) is 0 Å². The summed E-state index contributed by atoms with van der Waals surface area (Å²) in [5.74, 6) is -1.60. The largest absolute Gasteiger partial charge is 0.481 e. The number of aryl methyl sites for hydroxylation is 1. The van der Waals surface area contributed by atoms with Crippen molar-refractivity contribution in [2.24, 2.45) is 7.05 Å². The van der Waals surface area contributed by atoms with Crippen LogP contribution in [0, 0.1) is 0 Å². The van der Waals surface area contributed by atoms with E-state index in [0.717, 1.165) is 0 Å². The molecule has 0 aliphatic rings. The summed E-state index contributed by atoms with van der Waals surface area (Å²) in [4.78, 5) is 21.1. The normalized spacial score (nSPS) is 9.75. The van der Waals surface area contributed by atoms with Gasteiger partial charge in [-0.2, -0.15) is 5.10 Å². The number of carboxylic acids is 1. The third-order valence-electron chi connectivity index (χ3n) is 1.31. The van der Waals surface area contributed by atoms with Crippen LogP contribution < -0.4 is 0 Å². The molecule has 0 saturated carbocycles. The molecule has 0 spiro atoms. The van der Waals surface area contributed by atoms with Crippen LogP contribution in [-0.4, -0.2) is 26.6 Å². The molecule has 0 fully saturated rings. The highest BCUT2D eigenvalue weighted by Gasteiger charge is 2.12. The van der Waals surface area contributed by atoms with Crippen LogP contribution in [0.25, 0.3) is 0 Å². The Hall–Kier alpha value is -1.65. The first kappa shape index (κ1) is 8.45. The second kappa shape index (κ2) is 3.17.